The van der Waals surface area contributed by atoms with E-state index in [1.807, 2.05) is 59.5 Å². The molecule has 32 heavy (non-hydrogen) atoms. The van der Waals surface area contributed by atoms with Gasteiger partial charge in [-0.25, -0.2) is 0 Å². The summed E-state index contributed by atoms with van der Waals surface area (Å²) >= 11 is 0. The largest absolute Gasteiger partial charge is 0.497 e. The Hall–Kier alpha value is -3.40. The number of hydrogen-bond donors (Lipinski definition) is 0. The molecular formula is C28H27NO3. The van der Waals surface area contributed by atoms with E-state index in [1.54, 1.807) is 7.11 Å². The minimum Gasteiger partial charge on any atom is -0.497 e. The number of fused-ring (bicyclic) bond motifs is 1. The van der Waals surface area contributed by atoms with E-state index in [4.69, 9.17) is 4.74 Å². The van der Waals surface area contributed by atoms with Gasteiger partial charge in [0.15, 0.2) is 5.78 Å². The molecule has 1 heterocycles. The molecule has 3 aromatic rings. The molecule has 1 unspecified atom stereocenters. The van der Waals surface area contributed by atoms with Gasteiger partial charge in [-0.05, 0) is 41.0 Å². The summed E-state index contributed by atoms with van der Waals surface area (Å²) in [6.45, 7) is 4.21. The number of ether oxygens (including phenoxy) is 1. The number of Topliss-reactive ketones (excluding diaryl/α,β-unsaturated/α-hetero) is 1. The second-order valence-corrected chi connectivity index (χ2v) is 9.56. The number of ketones is 1. The highest BCUT2D eigenvalue weighted by Crippen LogP contribution is 2.49. The van der Waals surface area contributed by atoms with Crippen molar-refractivity contribution in [3.63, 3.8) is 0 Å². The topological polar surface area (TPSA) is 46.6 Å². The first-order valence-corrected chi connectivity index (χ1v) is 11.1. The van der Waals surface area contributed by atoms with Crippen molar-refractivity contribution in [3.8, 4) is 5.75 Å². The van der Waals surface area contributed by atoms with Crippen LogP contribution in [0.3, 0.4) is 0 Å². The molecule has 0 spiro atoms. The van der Waals surface area contributed by atoms with Crippen LogP contribution >= 0.6 is 0 Å². The van der Waals surface area contributed by atoms with E-state index in [2.05, 4.69) is 26.0 Å². The first-order chi connectivity index (χ1) is 15.4. The Bertz CT molecular complexity index is 1270. The number of benzene rings is 3. The summed E-state index contributed by atoms with van der Waals surface area (Å²) in [5.41, 5.74) is 3.25. The van der Waals surface area contributed by atoms with Crippen molar-refractivity contribution in [3.05, 3.63) is 83.6 Å². The van der Waals surface area contributed by atoms with Crippen molar-refractivity contribution < 1.29 is 14.3 Å². The predicted octanol–water partition coefficient (Wildman–Crippen LogP) is 6.01. The highest BCUT2D eigenvalue weighted by atomic mass is 16.5. The van der Waals surface area contributed by atoms with Gasteiger partial charge in [-0.15, -0.1) is 0 Å². The van der Waals surface area contributed by atoms with E-state index >= 15 is 0 Å². The second-order valence-electron chi connectivity index (χ2n) is 9.56. The fourth-order valence-corrected chi connectivity index (χ4v) is 5.24. The molecule has 5 rings (SSSR count). The molecule has 1 atom stereocenters. The predicted molar refractivity (Wildman–Crippen MR) is 127 cm³/mol. The molecule has 1 amide bonds. The number of hydrogen-bond acceptors (Lipinski definition) is 3. The normalized spacial score (nSPS) is 20.5. The maximum atomic E-state index is 13.7. The molecule has 2 aliphatic rings. The first kappa shape index (κ1) is 20.5. The zero-order chi connectivity index (χ0) is 22.5. The number of anilines is 1. The van der Waals surface area contributed by atoms with Gasteiger partial charge in [0.25, 0.3) is 0 Å². The van der Waals surface area contributed by atoms with Crippen molar-refractivity contribution in [1.82, 2.24) is 0 Å². The quantitative estimate of drug-likeness (QED) is 0.516. The van der Waals surface area contributed by atoms with Gasteiger partial charge in [-0.1, -0.05) is 62.4 Å². The highest BCUT2D eigenvalue weighted by molar-refractivity contribution is 6.11. The lowest BCUT2D eigenvalue weighted by molar-refractivity contribution is -0.121. The smallest absolute Gasteiger partial charge is 0.232 e. The van der Waals surface area contributed by atoms with Gasteiger partial charge in [0.1, 0.15) is 5.75 Å². The summed E-state index contributed by atoms with van der Waals surface area (Å²) in [4.78, 5) is 29.0. The van der Waals surface area contributed by atoms with Crippen LogP contribution < -0.4 is 9.64 Å². The Morgan fingerprint density at radius 2 is 1.69 bits per heavy atom. The van der Waals surface area contributed by atoms with Gasteiger partial charge in [0.05, 0.1) is 12.8 Å². The van der Waals surface area contributed by atoms with Crippen molar-refractivity contribution in [1.29, 1.82) is 0 Å². The van der Waals surface area contributed by atoms with E-state index in [0.717, 1.165) is 39.0 Å². The third kappa shape index (κ3) is 3.40. The van der Waals surface area contributed by atoms with E-state index in [-0.39, 0.29) is 29.4 Å². The summed E-state index contributed by atoms with van der Waals surface area (Å²) in [5, 5.41) is 2.10. The number of carbonyl (C=O) groups excluding carboxylic acids is 2. The summed E-state index contributed by atoms with van der Waals surface area (Å²) in [6, 6.07) is 21.9. The lowest BCUT2D eigenvalue weighted by Gasteiger charge is -2.43. The van der Waals surface area contributed by atoms with Gasteiger partial charge >= 0.3 is 0 Å². The average molecular weight is 426 g/mol. The van der Waals surface area contributed by atoms with Crippen molar-refractivity contribution in [2.24, 2.45) is 5.41 Å². The Balaban J connectivity index is 1.73. The first-order valence-electron chi connectivity index (χ1n) is 11.1. The summed E-state index contributed by atoms with van der Waals surface area (Å²) in [5.74, 6) is 0.653. The average Bonchev–Trinajstić information content (AvgIpc) is 2.77. The van der Waals surface area contributed by atoms with Gasteiger partial charge in [-0.2, -0.15) is 0 Å². The third-order valence-electron chi connectivity index (χ3n) is 6.65. The number of carbonyl (C=O) groups is 2. The molecule has 0 saturated carbocycles. The SMILES string of the molecule is COc1cccc(C2CC(=O)N(c3cccc4ccccc34)C3=C2C(=O)CC(C)(C)C3)c1. The van der Waals surface area contributed by atoms with Crippen LogP contribution in [0, 0.1) is 5.41 Å². The number of allylic oxidation sites excluding steroid dienone is 2. The third-order valence-corrected chi connectivity index (χ3v) is 6.65. The zero-order valence-corrected chi connectivity index (χ0v) is 18.7. The molecule has 3 aromatic carbocycles. The molecule has 0 aromatic heterocycles. The number of amides is 1. The lowest BCUT2D eigenvalue weighted by Crippen LogP contribution is -2.43. The molecule has 1 aliphatic carbocycles. The summed E-state index contributed by atoms with van der Waals surface area (Å²) < 4.78 is 5.41. The monoisotopic (exact) mass is 425 g/mol. The highest BCUT2D eigenvalue weighted by Gasteiger charge is 2.44. The van der Waals surface area contributed by atoms with Crippen LogP contribution in [0.1, 0.15) is 44.6 Å². The Kier molecular flexibility index (Phi) is 4.89. The van der Waals surface area contributed by atoms with Gasteiger partial charge in [0.2, 0.25) is 5.91 Å². The summed E-state index contributed by atoms with van der Waals surface area (Å²) in [7, 11) is 1.63. The van der Waals surface area contributed by atoms with E-state index < -0.39 is 0 Å². The second kappa shape index (κ2) is 7.63. The van der Waals surface area contributed by atoms with Crippen molar-refractivity contribution >= 4 is 28.2 Å². The number of nitrogens with zero attached hydrogens (tertiary/aromatic N) is 1. The molecule has 4 nitrogen and oxygen atoms in total. The fraction of sp³-hybridized carbons (Fsp3) is 0.286. The molecule has 4 heteroatoms. The van der Waals surface area contributed by atoms with E-state index in [9.17, 15) is 9.59 Å². The minimum atomic E-state index is -0.248. The number of methoxy groups -OCH3 is 1. The van der Waals surface area contributed by atoms with Crippen LogP contribution in [0.2, 0.25) is 0 Å². The van der Waals surface area contributed by atoms with Crippen LogP contribution in [-0.4, -0.2) is 18.8 Å². The Labute approximate surface area is 188 Å². The van der Waals surface area contributed by atoms with Crippen LogP contribution in [-0.2, 0) is 9.59 Å². The molecule has 0 saturated heterocycles. The van der Waals surface area contributed by atoms with E-state index in [1.165, 1.54) is 0 Å². The number of rotatable bonds is 3. The van der Waals surface area contributed by atoms with Crippen LogP contribution in [0.15, 0.2) is 78.0 Å². The van der Waals surface area contributed by atoms with Crippen molar-refractivity contribution in [2.45, 2.75) is 39.0 Å². The van der Waals surface area contributed by atoms with Gasteiger partial charge in [0, 0.05) is 35.4 Å². The molecule has 0 radical (unpaired) electrons. The fourth-order valence-electron chi connectivity index (χ4n) is 5.24. The molecule has 0 fully saturated rings. The Morgan fingerprint density at radius 1 is 0.938 bits per heavy atom. The van der Waals surface area contributed by atoms with Crippen LogP contribution in [0.4, 0.5) is 5.69 Å². The molecular weight excluding hydrogens is 398 g/mol. The lowest BCUT2D eigenvalue weighted by atomic mass is 9.69. The maximum absolute atomic E-state index is 13.7. The summed E-state index contributed by atoms with van der Waals surface area (Å²) in [6.07, 6.45) is 1.44. The van der Waals surface area contributed by atoms with Crippen LogP contribution in [0.25, 0.3) is 10.8 Å². The molecule has 0 N–H and O–H groups in total. The molecule has 1 aliphatic heterocycles. The van der Waals surface area contributed by atoms with Gasteiger partial charge in [-0.3, -0.25) is 14.5 Å². The van der Waals surface area contributed by atoms with Gasteiger partial charge < -0.3 is 4.74 Å². The van der Waals surface area contributed by atoms with Crippen molar-refractivity contribution in [2.75, 3.05) is 12.0 Å². The van der Waals surface area contributed by atoms with Crippen LogP contribution in [0.5, 0.6) is 5.75 Å². The van der Waals surface area contributed by atoms with E-state index in [0.29, 0.717) is 12.8 Å². The zero-order valence-electron chi connectivity index (χ0n) is 18.7. The Morgan fingerprint density at radius 3 is 2.50 bits per heavy atom. The minimum absolute atomic E-state index is 0.0263. The standard InChI is InChI=1S/C28H27NO3/c1-28(2)16-24-27(25(30)17-28)22(19-10-6-11-20(14-19)32-3)15-26(31)29(24)23-13-7-9-18-8-4-5-12-21(18)23/h4-14,22H,15-17H2,1-3H3. The maximum Gasteiger partial charge on any atom is 0.232 e. The molecule has 162 valence electrons. The molecule has 0 bridgehead atoms.